The first kappa shape index (κ1) is 22.0. The smallest absolute Gasteiger partial charge is 0.337 e. The van der Waals surface area contributed by atoms with E-state index in [4.69, 9.17) is 12.2 Å². The first-order valence-corrected chi connectivity index (χ1v) is 9.46. The molecule has 2 rings (SSSR count). The summed E-state index contributed by atoms with van der Waals surface area (Å²) < 4.78 is 4.65. The third-order valence-electron chi connectivity index (χ3n) is 4.15. The number of nitrogens with one attached hydrogen (secondary N) is 3. The van der Waals surface area contributed by atoms with Crippen molar-refractivity contribution in [3.05, 3.63) is 65.2 Å². The highest BCUT2D eigenvalue weighted by Crippen LogP contribution is 2.12. The zero-order valence-electron chi connectivity index (χ0n) is 16.4. The van der Waals surface area contributed by atoms with Crippen LogP contribution in [0.1, 0.15) is 51.3 Å². The molecule has 3 N–H and O–H groups in total. The lowest BCUT2D eigenvalue weighted by Gasteiger charge is -2.13. The summed E-state index contributed by atoms with van der Waals surface area (Å²) in [5.41, 5.74) is 1.57. The Morgan fingerprint density at radius 2 is 1.62 bits per heavy atom. The maximum absolute atomic E-state index is 12.4. The Morgan fingerprint density at radius 1 is 1.00 bits per heavy atom. The second-order valence-corrected chi connectivity index (χ2v) is 6.75. The minimum Gasteiger partial charge on any atom is -0.465 e. The van der Waals surface area contributed by atoms with Crippen molar-refractivity contribution < 1.29 is 19.1 Å². The van der Waals surface area contributed by atoms with E-state index in [1.54, 1.807) is 42.5 Å². The molecule has 0 saturated heterocycles. The molecule has 0 fully saturated rings. The Kier molecular flexibility index (Phi) is 7.85. The molecule has 152 valence electrons. The second-order valence-electron chi connectivity index (χ2n) is 6.34. The van der Waals surface area contributed by atoms with Crippen LogP contribution >= 0.6 is 12.2 Å². The van der Waals surface area contributed by atoms with Gasteiger partial charge in [0.05, 0.1) is 12.7 Å². The molecule has 2 amide bonds. The Bertz CT molecular complexity index is 930. The quantitative estimate of drug-likeness (QED) is 0.497. The SMILES string of the molecule is CCC(C)NC(=O)c1cccc(NC(=S)NC(=O)c2cccc(C(=O)OC)c2)c1. The van der Waals surface area contributed by atoms with Crippen molar-refractivity contribution in [2.75, 3.05) is 12.4 Å². The van der Waals surface area contributed by atoms with Gasteiger partial charge in [-0.2, -0.15) is 0 Å². The van der Waals surface area contributed by atoms with Crippen LogP contribution in [0, 0.1) is 0 Å². The van der Waals surface area contributed by atoms with E-state index >= 15 is 0 Å². The lowest BCUT2D eigenvalue weighted by atomic mass is 10.1. The normalized spacial score (nSPS) is 11.1. The summed E-state index contributed by atoms with van der Waals surface area (Å²) in [6.45, 7) is 3.92. The molecule has 0 aliphatic rings. The first-order chi connectivity index (χ1) is 13.8. The third-order valence-corrected chi connectivity index (χ3v) is 4.35. The molecule has 2 aromatic rings. The Morgan fingerprint density at radius 3 is 2.28 bits per heavy atom. The van der Waals surface area contributed by atoms with Gasteiger partial charge in [-0.3, -0.25) is 14.9 Å². The van der Waals surface area contributed by atoms with Gasteiger partial charge in [0.25, 0.3) is 11.8 Å². The predicted octanol–water partition coefficient (Wildman–Crippen LogP) is 3.13. The summed E-state index contributed by atoms with van der Waals surface area (Å²) in [4.78, 5) is 36.2. The number of hydrogen-bond donors (Lipinski definition) is 3. The Balaban J connectivity index is 2.02. The van der Waals surface area contributed by atoms with Crippen LogP contribution in [0.4, 0.5) is 5.69 Å². The van der Waals surface area contributed by atoms with E-state index in [1.807, 2.05) is 13.8 Å². The number of ether oxygens (including phenoxy) is 1. The fraction of sp³-hybridized carbons (Fsp3) is 0.238. The summed E-state index contributed by atoms with van der Waals surface area (Å²) in [5.74, 6) is -1.19. The van der Waals surface area contributed by atoms with Crippen molar-refractivity contribution in [2.45, 2.75) is 26.3 Å². The lowest BCUT2D eigenvalue weighted by Crippen LogP contribution is -2.34. The molecule has 0 aromatic heterocycles. The van der Waals surface area contributed by atoms with Crippen molar-refractivity contribution in [2.24, 2.45) is 0 Å². The van der Waals surface area contributed by atoms with Gasteiger partial charge in [0.1, 0.15) is 0 Å². The van der Waals surface area contributed by atoms with Gasteiger partial charge in [-0.05, 0) is 62.0 Å². The number of amides is 2. The Labute approximate surface area is 174 Å². The molecule has 2 aromatic carbocycles. The van der Waals surface area contributed by atoms with E-state index in [0.717, 1.165) is 6.42 Å². The highest BCUT2D eigenvalue weighted by molar-refractivity contribution is 7.80. The fourth-order valence-corrected chi connectivity index (χ4v) is 2.60. The van der Waals surface area contributed by atoms with Gasteiger partial charge in [-0.15, -0.1) is 0 Å². The number of methoxy groups -OCH3 is 1. The molecular formula is C21H23N3O4S. The van der Waals surface area contributed by atoms with E-state index < -0.39 is 11.9 Å². The minimum absolute atomic E-state index is 0.0676. The van der Waals surface area contributed by atoms with E-state index in [0.29, 0.717) is 11.3 Å². The van der Waals surface area contributed by atoms with Crippen LogP contribution in [0.2, 0.25) is 0 Å². The van der Waals surface area contributed by atoms with Gasteiger partial charge in [0.2, 0.25) is 0 Å². The van der Waals surface area contributed by atoms with Gasteiger partial charge in [-0.25, -0.2) is 4.79 Å². The molecule has 29 heavy (non-hydrogen) atoms. The summed E-state index contributed by atoms with van der Waals surface area (Å²) in [6, 6.07) is 13.0. The molecule has 0 aliphatic carbocycles. The highest BCUT2D eigenvalue weighted by Gasteiger charge is 2.13. The van der Waals surface area contributed by atoms with Gasteiger partial charge in [-0.1, -0.05) is 19.1 Å². The standard InChI is InChI=1S/C21H23N3O4S/c1-4-13(2)22-18(25)15-8-6-10-17(12-15)23-21(29)24-19(26)14-7-5-9-16(11-14)20(27)28-3/h5-13H,4H2,1-3H3,(H,22,25)(H2,23,24,26,29). The van der Waals surface area contributed by atoms with Gasteiger partial charge in [0, 0.05) is 22.9 Å². The average Bonchev–Trinajstić information content (AvgIpc) is 2.73. The molecule has 1 atom stereocenters. The zero-order chi connectivity index (χ0) is 21.4. The number of benzene rings is 2. The summed E-state index contributed by atoms with van der Waals surface area (Å²) in [7, 11) is 1.27. The number of hydrogen-bond acceptors (Lipinski definition) is 5. The van der Waals surface area contributed by atoms with Crippen molar-refractivity contribution in [1.29, 1.82) is 0 Å². The van der Waals surface area contributed by atoms with Gasteiger partial charge >= 0.3 is 5.97 Å². The molecule has 0 bridgehead atoms. The first-order valence-electron chi connectivity index (χ1n) is 9.05. The van der Waals surface area contributed by atoms with Crippen molar-refractivity contribution >= 4 is 40.8 Å². The van der Waals surface area contributed by atoms with Crippen LogP contribution < -0.4 is 16.0 Å². The fourth-order valence-electron chi connectivity index (χ4n) is 2.39. The largest absolute Gasteiger partial charge is 0.465 e. The molecule has 0 spiro atoms. The van der Waals surface area contributed by atoms with E-state index in [1.165, 1.54) is 13.2 Å². The minimum atomic E-state index is -0.534. The van der Waals surface area contributed by atoms with Gasteiger partial charge in [0.15, 0.2) is 5.11 Å². The van der Waals surface area contributed by atoms with Crippen molar-refractivity contribution in [3.8, 4) is 0 Å². The number of thiocarbonyl (C=S) groups is 1. The molecule has 7 nitrogen and oxygen atoms in total. The molecular weight excluding hydrogens is 390 g/mol. The predicted molar refractivity (Wildman–Crippen MR) is 115 cm³/mol. The second kappa shape index (κ2) is 10.3. The summed E-state index contributed by atoms with van der Waals surface area (Å²) in [5, 5.41) is 8.39. The van der Waals surface area contributed by atoms with Crippen molar-refractivity contribution in [1.82, 2.24) is 10.6 Å². The zero-order valence-corrected chi connectivity index (χ0v) is 17.3. The average molecular weight is 413 g/mol. The van der Waals surface area contributed by atoms with E-state index in [9.17, 15) is 14.4 Å². The van der Waals surface area contributed by atoms with Crippen LogP contribution in [0.3, 0.4) is 0 Å². The molecule has 0 aliphatic heterocycles. The topological polar surface area (TPSA) is 96.5 Å². The number of esters is 1. The number of anilines is 1. The van der Waals surface area contributed by atoms with Crippen LogP contribution in [0.15, 0.2) is 48.5 Å². The van der Waals surface area contributed by atoms with Crippen molar-refractivity contribution in [3.63, 3.8) is 0 Å². The monoisotopic (exact) mass is 413 g/mol. The maximum atomic E-state index is 12.4. The summed E-state index contributed by atoms with van der Waals surface area (Å²) >= 11 is 5.18. The lowest BCUT2D eigenvalue weighted by molar-refractivity contribution is 0.0600. The van der Waals surface area contributed by atoms with E-state index in [2.05, 4.69) is 20.7 Å². The number of carbonyl (C=O) groups is 3. The number of carbonyl (C=O) groups excluding carboxylic acids is 3. The number of rotatable bonds is 6. The van der Waals surface area contributed by atoms with Gasteiger partial charge < -0.3 is 15.4 Å². The van der Waals surface area contributed by atoms with Crippen LogP contribution in [0.5, 0.6) is 0 Å². The van der Waals surface area contributed by atoms with Crippen LogP contribution in [-0.4, -0.2) is 36.0 Å². The molecule has 8 heteroatoms. The molecule has 0 radical (unpaired) electrons. The van der Waals surface area contributed by atoms with Crippen LogP contribution in [0.25, 0.3) is 0 Å². The molecule has 0 saturated carbocycles. The molecule has 0 heterocycles. The van der Waals surface area contributed by atoms with E-state index in [-0.39, 0.29) is 28.2 Å². The van der Waals surface area contributed by atoms with Crippen LogP contribution in [-0.2, 0) is 4.74 Å². The highest BCUT2D eigenvalue weighted by atomic mass is 32.1. The molecule has 1 unspecified atom stereocenters. The Hall–Kier alpha value is -3.26. The maximum Gasteiger partial charge on any atom is 0.337 e. The third kappa shape index (κ3) is 6.39. The summed E-state index contributed by atoms with van der Waals surface area (Å²) in [6.07, 6.45) is 0.830.